The van der Waals surface area contributed by atoms with Crippen molar-refractivity contribution in [3.05, 3.63) is 23.8 Å². The van der Waals surface area contributed by atoms with E-state index in [4.69, 9.17) is 4.74 Å². The number of nitrogens with zero attached hydrogens (tertiary/aromatic N) is 1. The molecule has 1 atom stereocenters. The highest BCUT2D eigenvalue weighted by Crippen LogP contribution is 2.26. The fourth-order valence-electron chi connectivity index (χ4n) is 2.28. The second-order valence-electron chi connectivity index (χ2n) is 4.40. The summed E-state index contributed by atoms with van der Waals surface area (Å²) in [6, 6.07) is 6.86. The Kier molecular flexibility index (Phi) is 3.34. The van der Waals surface area contributed by atoms with Crippen molar-refractivity contribution in [3.8, 4) is 5.75 Å². The summed E-state index contributed by atoms with van der Waals surface area (Å²) < 4.78 is 5.23. The minimum absolute atomic E-state index is 0.556. The van der Waals surface area contributed by atoms with E-state index in [1.165, 1.54) is 11.3 Å². The average Bonchev–Trinajstić information content (AvgIpc) is 2.30. The maximum atomic E-state index is 5.23. The van der Waals surface area contributed by atoms with Crippen LogP contribution in [0.2, 0.25) is 0 Å². The highest BCUT2D eigenvalue weighted by atomic mass is 16.5. The molecule has 1 saturated heterocycles. The van der Waals surface area contributed by atoms with Crippen molar-refractivity contribution in [2.75, 3.05) is 31.6 Å². The fourth-order valence-corrected chi connectivity index (χ4v) is 2.28. The predicted octanol–water partition coefficient (Wildman–Crippen LogP) is 1.80. The highest BCUT2D eigenvalue weighted by molar-refractivity contribution is 5.56. The van der Waals surface area contributed by atoms with Gasteiger partial charge in [0.05, 0.1) is 7.11 Å². The Hall–Kier alpha value is -1.22. The molecule has 1 aliphatic rings. The average molecular weight is 220 g/mol. The van der Waals surface area contributed by atoms with Crippen LogP contribution in [-0.2, 0) is 0 Å². The van der Waals surface area contributed by atoms with Gasteiger partial charge >= 0.3 is 0 Å². The molecule has 1 aliphatic heterocycles. The predicted molar refractivity (Wildman–Crippen MR) is 67.4 cm³/mol. The van der Waals surface area contributed by atoms with Gasteiger partial charge in [-0.05, 0) is 37.6 Å². The van der Waals surface area contributed by atoms with E-state index < -0.39 is 0 Å². The van der Waals surface area contributed by atoms with E-state index in [9.17, 15) is 0 Å². The van der Waals surface area contributed by atoms with Crippen molar-refractivity contribution in [1.29, 1.82) is 0 Å². The molecule has 0 amide bonds. The molecule has 3 heteroatoms. The molecule has 1 fully saturated rings. The quantitative estimate of drug-likeness (QED) is 0.822. The van der Waals surface area contributed by atoms with Crippen molar-refractivity contribution in [2.45, 2.75) is 19.9 Å². The number of hydrogen-bond acceptors (Lipinski definition) is 3. The number of anilines is 1. The maximum absolute atomic E-state index is 5.23. The molecule has 1 heterocycles. The number of aryl methyl sites for hydroxylation is 1. The topological polar surface area (TPSA) is 24.5 Å². The van der Waals surface area contributed by atoms with Crippen LogP contribution in [0.5, 0.6) is 5.75 Å². The first-order valence-electron chi connectivity index (χ1n) is 5.84. The largest absolute Gasteiger partial charge is 0.497 e. The van der Waals surface area contributed by atoms with Crippen LogP contribution < -0.4 is 15.0 Å². The molecule has 3 nitrogen and oxygen atoms in total. The minimum Gasteiger partial charge on any atom is -0.497 e. The number of nitrogens with one attached hydrogen (secondary N) is 1. The van der Waals surface area contributed by atoms with Crippen LogP contribution >= 0.6 is 0 Å². The molecule has 0 aliphatic carbocycles. The summed E-state index contributed by atoms with van der Waals surface area (Å²) in [6.45, 7) is 7.61. The van der Waals surface area contributed by atoms with E-state index in [2.05, 4.69) is 36.2 Å². The maximum Gasteiger partial charge on any atom is 0.119 e. The lowest BCUT2D eigenvalue weighted by Gasteiger charge is -2.36. The van der Waals surface area contributed by atoms with Crippen LogP contribution in [0.3, 0.4) is 0 Å². The Bertz CT molecular complexity index is 365. The fraction of sp³-hybridized carbons (Fsp3) is 0.538. The molecule has 1 aromatic rings. The first-order chi connectivity index (χ1) is 7.72. The Morgan fingerprint density at radius 3 is 2.88 bits per heavy atom. The van der Waals surface area contributed by atoms with Gasteiger partial charge in [-0.2, -0.15) is 0 Å². The number of methoxy groups -OCH3 is 1. The van der Waals surface area contributed by atoms with E-state index in [0.29, 0.717) is 6.04 Å². The third-order valence-corrected chi connectivity index (χ3v) is 3.21. The molecule has 2 rings (SSSR count). The van der Waals surface area contributed by atoms with Gasteiger partial charge in [0.2, 0.25) is 0 Å². The molecule has 0 radical (unpaired) electrons. The molecule has 0 saturated carbocycles. The van der Waals surface area contributed by atoms with Crippen LogP contribution in [0.1, 0.15) is 12.5 Å². The van der Waals surface area contributed by atoms with Crippen molar-refractivity contribution >= 4 is 5.69 Å². The van der Waals surface area contributed by atoms with E-state index >= 15 is 0 Å². The van der Waals surface area contributed by atoms with Crippen LogP contribution in [0.15, 0.2) is 18.2 Å². The monoisotopic (exact) mass is 220 g/mol. The Morgan fingerprint density at radius 2 is 2.25 bits per heavy atom. The first-order valence-corrected chi connectivity index (χ1v) is 5.84. The molecular formula is C13H20N2O. The number of rotatable bonds is 2. The van der Waals surface area contributed by atoms with Crippen LogP contribution in [-0.4, -0.2) is 32.8 Å². The summed E-state index contributed by atoms with van der Waals surface area (Å²) in [5.74, 6) is 0.934. The summed E-state index contributed by atoms with van der Waals surface area (Å²) in [6.07, 6.45) is 0. The highest BCUT2D eigenvalue weighted by Gasteiger charge is 2.19. The molecule has 1 aromatic carbocycles. The van der Waals surface area contributed by atoms with Crippen molar-refractivity contribution < 1.29 is 4.74 Å². The van der Waals surface area contributed by atoms with Gasteiger partial charge in [0.15, 0.2) is 0 Å². The summed E-state index contributed by atoms with van der Waals surface area (Å²) in [5.41, 5.74) is 2.61. The van der Waals surface area contributed by atoms with Gasteiger partial charge in [0.25, 0.3) is 0 Å². The van der Waals surface area contributed by atoms with E-state index in [1.54, 1.807) is 7.11 Å². The number of benzene rings is 1. The second kappa shape index (κ2) is 4.74. The summed E-state index contributed by atoms with van der Waals surface area (Å²) in [4.78, 5) is 2.46. The lowest BCUT2D eigenvalue weighted by molar-refractivity contribution is 0.414. The molecule has 0 bridgehead atoms. The van der Waals surface area contributed by atoms with E-state index in [1.807, 2.05) is 6.07 Å². The molecule has 1 unspecified atom stereocenters. The summed E-state index contributed by atoms with van der Waals surface area (Å²) in [5, 5.41) is 3.41. The van der Waals surface area contributed by atoms with Gasteiger partial charge in [0.1, 0.15) is 5.75 Å². The molecule has 16 heavy (non-hydrogen) atoms. The van der Waals surface area contributed by atoms with E-state index in [0.717, 1.165) is 25.4 Å². The normalized spacial score (nSPS) is 20.9. The molecule has 88 valence electrons. The lowest BCUT2D eigenvalue weighted by atomic mass is 10.1. The third-order valence-electron chi connectivity index (χ3n) is 3.21. The van der Waals surface area contributed by atoms with Gasteiger partial charge in [-0.25, -0.2) is 0 Å². The van der Waals surface area contributed by atoms with Gasteiger partial charge in [-0.3, -0.25) is 0 Å². The molecule has 1 N–H and O–H groups in total. The van der Waals surface area contributed by atoms with Crippen molar-refractivity contribution in [2.24, 2.45) is 0 Å². The smallest absolute Gasteiger partial charge is 0.119 e. The Balaban J connectivity index is 2.25. The zero-order chi connectivity index (χ0) is 11.5. The lowest BCUT2D eigenvalue weighted by Crippen LogP contribution is -2.50. The van der Waals surface area contributed by atoms with Crippen molar-refractivity contribution in [1.82, 2.24) is 5.32 Å². The molecule has 0 aromatic heterocycles. The molecule has 0 spiro atoms. The Labute approximate surface area is 97.4 Å². The Morgan fingerprint density at radius 1 is 1.44 bits per heavy atom. The number of hydrogen-bond donors (Lipinski definition) is 1. The first kappa shape index (κ1) is 11.3. The SMILES string of the molecule is COc1ccc(N2CCNCC2C)c(C)c1. The van der Waals surface area contributed by atoms with Gasteiger partial charge in [-0.1, -0.05) is 0 Å². The zero-order valence-corrected chi connectivity index (χ0v) is 10.3. The van der Waals surface area contributed by atoms with E-state index in [-0.39, 0.29) is 0 Å². The van der Waals surface area contributed by atoms with Gasteiger partial charge in [0, 0.05) is 31.4 Å². The van der Waals surface area contributed by atoms with Crippen molar-refractivity contribution in [3.63, 3.8) is 0 Å². The number of ether oxygens (including phenoxy) is 1. The van der Waals surface area contributed by atoms with Gasteiger partial charge < -0.3 is 15.0 Å². The zero-order valence-electron chi connectivity index (χ0n) is 10.3. The molecular weight excluding hydrogens is 200 g/mol. The van der Waals surface area contributed by atoms with Gasteiger partial charge in [-0.15, -0.1) is 0 Å². The minimum atomic E-state index is 0.556. The third kappa shape index (κ3) is 2.14. The van der Waals surface area contributed by atoms with Crippen LogP contribution in [0.4, 0.5) is 5.69 Å². The second-order valence-corrected chi connectivity index (χ2v) is 4.40. The number of piperazine rings is 1. The van der Waals surface area contributed by atoms with Crippen LogP contribution in [0, 0.1) is 6.92 Å². The summed E-state index contributed by atoms with van der Waals surface area (Å²) >= 11 is 0. The standard InChI is InChI=1S/C13H20N2O/c1-10-8-12(16-3)4-5-13(10)15-7-6-14-9-11(15)2/h4-5,8,11,14H,6-7,9H2,1-3H3. The van der Waals surface area contributed by atoms with Crippen LogP contribution in [0.25, 0.3) is 0 Å². The summed E-state index contributed by atoms with van der Waals surface area (Å²) in [7, 11) is 1.71.